The molecule has 2 heterocycles. The van der Waals surface area contributed by atoms with Crippen molar-refractivity contribution < 1.29 is 9.59 Å². The van der Waals surface area contributed by atoms with Crippen molar-refractivity contribution in [2.24, 2.45) is 0 Å². The standard InChI is InChI=1S/C22H24N4O3S2/c1-5-11-26-19(28)17-15(14-9-7-6-8-10-14)12-30-18(17)24-21(26)31-13-16(27)23-20(29)25-22(2,3)4/h5-10,12H,1,11,13H2,2-4H3,(H2,23,25,27,29). The van der Waals surface area contributed by atoms with Gasteiger partial charge in [0.2, 0.25) is 5.91 Å². The smallest absolute Gasteiger partial charge is 0.321 e. The number of amides is 3. The first-order chi connectivity index (χ1) is 14.7. The average molecular weight is 457 g/mol. The molecule has 3 aromatic rings. The van der Waals surface area contributed by atoms with Crippen LogP contribution in [0.2, 0.25) is 0 Å². The van der Waals surface area contributed by atoms with Crippen molar-refractivity contribution in [1.82, 2.24) is 20.2 Å². The number of rotatable bonds is 6. The predicted molar refractivity (Wildman–Crippen MR) is 127 cm³/mol. The number of imide groups is 1. The van der Waals surface area contributed by atoms with Gasteiger partial charge in [-0.05, 0) is 26.3 Å². The van der Waals surface area contributed by atoms with Crippen molar-refractivity contribution in [3.8, 4) is 11.1 Å². The van der Waals surface area contributed by atoms with Crippen LogP contribution in [0.1, 0.15) is 20.8 Å². The maximum absolute atomic E-state index is 13.3. The lowest BCUT2D eigenvalue weighted by atomic mass is 10.1. The van der Waals surface area contributed by atoms with Gasteiger partial charge in [0.05, 0.1) is 11.1 Å². The lowest BCUT2D eigenvalue weighted by molar-refractivity contribution is -0.117. The Hall–Kier alpha value is -2.91. The average Bonchev–Trinajstić information content (AvgIpc) is 3.12. The summed E-state index contributed by atoms with van der Waals surface area (Å²) in [6.07, 6.45) is 1.62. The number of hydrogen-bond acceptors (Lipinski definition) is 6. The maximum Gasteiger partial charge on any atom is 0.321 e. The Balaban J connectivity index is 1.87. The number of hydrogen-bond donors (Lipinski definition) is 2. The minimum Gasteiger partial charge on any atom is -0.333 e. The Morgan fingerprint density at radius 1 is 1.26 bits per heavy atom. The number of fused-ring (bicyclic) bond motifs is 1. The molecule has 162 valence electrons. The second kappa shape index (κ2) is 9.49. The summed E-state index contributed by atoms with van der Waals surface area (Å²) in [6.45, 7) is 9.46. The number of urea groups is 1. The number of aromatic nitrogens is 2. The highest BCUT2D eigenvalue weighted by Crippen LogP contribution is 2.32. The normalized spacial score (nSPS) is 11.3. The zero-order chi connectivity index (χ0) is 22.6. The molecule has 1 aromatic carbocycles. The van der Waals surface area contributed by atoms with Crippen LogP contribution in [0, 0.1) is 0 Å². The highest BCUT2D eigenvalue weighted by Gasteiger charge is 2.19. The number of nitrogens with zero attached hydrogens (tertiary/aromatic N) is 2. The number of carbonyl (C=O) groups excluding carboxylic acids is 2. The third-order valence-corrected chi connectivity index (χ3v) is 5.98. The molecule has 0 aliphatic heterocycles. The van der Waals surface area contributed by atoms with Crippen LogP contribution in [-0.4, -0.2) is 32.8 Å². The zero-order valence-corrected chi connectivity index (χ0v) is 19.2. The summed E-state index contributed by atoms with van der Waals surface area (Å²) in [5, 5.41) is 7.84. The van der Waals surface area contributed by atoms with Gasteiger partial charge in [0.1, 0.15) is 4.83 Å². The monoisotopic (exact) mass is 456 g/mol. The van der Waals surface area contributed by atoms with Gasteiger partial charge >= 0.3 is 6.03 Å². The van der Waals surface area contributed by atoms with Gasteiger partial charge in [0.25, 0.3) is 5.56 Å². The predicted octanol–water partition coefficient (Wildman–Crippen LogP) is 4.03. The van der Waals surface area contributed by atoms with E-state index in [-0.39, 0.29) is 17.9 Å². The quantitative estimate of drug-likeness (QED) is 0.332. The molecule has 0 aliphatic rings. The van der Waals surface area contributed by atoms with Crippen LogP contribution in [0.15, 0.2) is 58.3 Å². The van der Waals surface area contributed by atoms with Gasteiger partial charge in [0, 0.05) is 23.0 Å². The van der Waals surface area contributed by atoms with Gasteiger partial charge < -0.3 is 5.32 Å². The van der Waals surface area contributed by atoms with Gasteiger partial charge in [-0.15, -0.1) is 17.9 Å². The van der Waals surface area contributed by atoms with Crippen LogP contribution in [0.4, 0.5) is 4.79 Å². The molecule has 0 spiro atoms. The summed E-state index contributed by atoms with van der Waals surface area (Å²) in [4.78, 5) is 42.6. The van der Waals surface area contributed by atoms with E-state index >= 15 is 0 Å². The molecule has 7 nitrogen and oxygen atoms in total. The third kappa shape index (κ3) is 5.62. The van der Waals surface area contributed by atoms with Crippen molar-refractivity contribution in [2.75, 3.05) is 5.75 Å². The lowest BCUT2D eigenvalue weighted by Gasteiger charge is -2.20. The first-order valence-corrected chi connectivity index (χ1v) is 11.5. The van der Waals surface area contributed by atoms with Gasteiger partial charge in [-0.1, -0.05) is 48.2 Å². The summed E-state index contributed by atoms with van der Waals surface area (Å²) in [5.41, 5.74) is 1.15. The molecule has 0 saturated carbocycles. The maximum atomic E-state index is 13.3. The molecule has 3 amide bonds. The van der Waals surface area contributed by atoms with Crippen LogP contribution in [-0.2, 0) is 11.3 Å². The molecular formula is C22H24N4O3S2. The SMILES string of the molecule is C=CCn1c(SCC(=O)NC(=O)NC(C)(C)C)nc2scc(-c3ccccc3)c2c1=O. The van der Waals surface area contributed by atoms with E-state index in [1.54, 1.807) is 6.08 Å². The highest BCUT2D eigenvalue weighted by molar-refractivity contribution is 7.99. The molecular weight excluding hydrogens is 432 g/mol. The van der Waals surface area contributed by atoms with E-state index in [1.165, 1.54) is 15.9 Å². The van der Waals surface area contributed by atoms with Crippen molar-refractivity contribution in [3.63, 3.8) is 0 Å². The van der Waals surface area contributed by atoms with Crippen LogP contribution in [0.3, 0.4) is 0 Å². The molecule has 31 heavy (non-hydrogen) atoms. The van der Waals surface area contributed by atoms with E-state index < -0.39 is 17.5 Å². The van der Waals surface area contributed by atoms with Gasteiger partial charge in [0.15, 0.2) is 5.16 Å². The second-order valence-electron chi connectivity index (χ2n) is 7.84. The van der Waals surface area contributed by atoms with Crippen LogP contribution < -0.4 is 16.2 Å². The minimum atomic E-state index is -0.559. The molecule has 0 aliphatic carbocycles. The van der Waals surface area contributed by atoms with Crippen molar-refractivity contribution >= 4 is 45.3 Å². The van der Waals surface area contributed by atoms with E-state index in [0.717, 1.165) is 22.9 Å². The zero-order valence-electron chi connectivity index (χ0n) is 17.6. The molecule has 2 aromatic heterocycles. The van der Waals surface area contributed by atoms with Gasteiger partial charge in [-0.2, -0.15) is 0 Å². The fraction of sp³-hybridized carbons (Fsp3) is 0.273. The van der Waals surface area contributed by atoms with E-state index in [2.05, 4.69) is 22.2 Å². The fourth-order valence-electron chi connectivity index (χ4n) is 2.90. The summed E-state index contributed by atoms with van der Waals surface area (Å²) in [5.74, 6) is -0.522. The topological polar surface area (TPSA) is 93.1 Å². The van der Waals surface area contributed by atoms with Crippen LogP contribution in [0.25, 0.3) is 21.3 Å². The van der Waals surface area contributed by atoms with Crippen molar-refractivity contribution in [1.29, 1.82) is 0 Å². The Morgan fingerprint density at radius 2 is 1.97 bits per heavy atom. The van der Waals surface area contributed by atoms with Gasteiger partial charge in [-0.25, -0.2) is 9.78 Å². The molecule has 0 radical (unpaired) electrons. The number of thiophene rings is 1. The summed E-state index contributed by atoms with van der Waals surface area (Å²) in [6, 6.07) is 9.12. The van der Waals surface area contributed by atoms with E-state index in [4.69, 9.17) is 0 Å². The first kappa shape index (κ1) is 22.8. The molecule has 0 fully saturated rings. The van der Waals surface area contributed by atoms with E-state index in [0.29, 0.717) is 15.4 Å². The molecule has 0 bridgehead atoms. The third-order valence-electron chi connectivity index (χ3n) is 4.13. The second-order valence-corrected chi connectivity index (χ2v) is 9.64. The lowest BCUT2D eigenvalue weighted by Crippen LogP contribution is -2.48. The number of benzene rings is 1. The molecule has 2 N–H and O–H groups in total. The van der Waals surface area contributed by atoms with Crippen molar-refractivity contribution in [2.45, 2.75) is 38.0 Å². The van der Waals surface area contributed by atoms with Gasteiger partial charge in [-0.3, -0.25) is 19.5 Å². The Labute approximate surface area is 188 Å². The molecule has 9 heteroatoms. The number of carbonyl (C=O) groups is 2. The summed E-state index contributed by atoms with van der Waals surface area (Å²) in [7, 11) is 0. The Morgan fingerprint density at radius 3 is 2.61 bits per heavy atom. The number of allylic oxidation sites excluding steroid dienone is 1. The number of thioether (sulfide) groups is 1. The van der Waals surface area contributed by atoms with Crippen molar-refractivity contribution in [3.05, 3.63) is 58.7 Å². The molecule has 0 unspecified atom stereocenters. The number of nitrogens with one attached hydrogen (secondary N) is 2. The summed E-state index contributed by atoms with van der Waals surface area (Å²) >= 11 is 2.49. The highest BCUT2D eigenvalue weighted by atomic mass is 32.2. The minimum absolute atomic E-state index is 0.0520. The van der Waals surface area contributed by atoms with E-state index in [9.17, 15) is 14.4 Å². The Bertz CT molecular complexity index is 1180. The largest absolute Gasteiger partial charge is 0.333 e. The first-order valence-electron chi connectivity index (χ1n) is 9.63. The molecule has 3 rings (SSSR count). The molecule has 0 saturated heterocycles. The van der Waals surface area contributed by atoms with E-state index in [1.807, 2.05) is 56.5 Å². The van der Waals surface area contributed by atoms with Crippen LogP contribution >= 0.6 is 23.1 Å². The Kier molecular flexibility index (Phi) is 6.97. The fourth-order valence-corrected chi connectivity index (χ4v) is 4.70. The summed E-state index contributed by atoms with van der Waals surface area (Å²) < 4.78 is 1.50. The molecule has 0 atom stereocenters. The van der Waals surface area contributed by atoms with Crippen LogP contribution in [0.5, 0.6) is 0 Å².